The van der Waals surface area contributed by atoms with Gasteiger partial charge in [-0.15, -0.1) is 0 Å². The Morgan fingerprint density at radius 2 is 1.91 bits per heavy atom. The minimum absolute atomic E-state index is 0.0967. The minimum atomic E-state index is -3.94. The van der Waals surface area contributed by atoms with Crippen molar-refractivity contribution in [3.63, 3.8) is 0 Å². The second kappa shape index (κ2) is 6.55. The number of aryl methyl sites for hydroxylation is 1. The molecule has 0 saturated heterocycles. The molecule has 0 spiro atoms. The summed E-state index contributed by atoms with van der Waals surface area (Å²) in [5.41, 5.74) is 0.993. The van der Waals surface area contributed by atoms with Crippen LogP contribution < -0.4 is 9.46 Å². The number of sulfonamides is 1. The summed E-state index contributed by atoms with van der Waals surface area (Å²) in [5, 5.41) is 10.8. The van der Waals surface area contributed by atoms with Gasteiger partial charge in [-0.05, 0) is 36.8 Å². The number of rotatable bonds is 5. The molecule has 0 unspecified atom stereocenters. The summed E-state index contributed by atoms with van der Waals surface area (Å²) in [6, 6.07) is 8.32. The van der Waals surface area contributed by atoms with Crippen LogP contribution in [0.1, 0.15) is 5.56 Å². The zero-order chi connectivity index (χ0) is 17.2. The lowest BCUT2D eigenvalue weighted by Gasteiger charge is -2.12. The number of methoxy groups -OCH3 is 1. The molecule has 9 heteroatoms. The van der Waals surface area contributed by atoms with Crippen LogP contribution in [0.4, 0.5) is 11.4 Å². The molecule has 0 aliphatic rings. The number of nitro benzene ring substituents is 1. The monoisotopic (exact) mass is 400 g/mol. The first-order valence-corrected chi connectivity index (χ1v) is 8.63. The Labute approximate surface area is 141 Å². The van der Waals surface area contributed by atoms with Crippen LogP contribution in [0.3, 0.4) is 0 Å². The molecular weight excluding hydrogens is 388 g/mol. The van der Waals surface area contributed by atoms with Gasteiger partial charge in [0.15, 0.2) is 0 Å². The van der Waals surface area contributed by atoms with E-state index < -0.39 is 14.9 Å². The summed E-state index contributed by atoms with van der Waals surface area (Å²) >= 11 is 3.34. The quantitative estimate of drug-likeness (QED) is 0.611. The first kappa shape index (κ1) is 17.2. The maximum Gasteiger partial charge on any atom is 0.273 e. The second-order valence-corrected chi connectivity index (χ2v) is 7.17. The van der Waals surface area contributed by atoms with Crippen molar-refractivity contribution in [1.82, 2.24) is 0 Å². The van der Waals surface area contributed by atoms with Gasteiger partial charge in [0.25, 0.3) is 15.7 Å². The Kier molecular flexibility index (Phi) is 4.90. The van der Waals surface area contributed by atoms with Crippen LogP contribution in [-0.2, 0) is 10.0 Å². The van der Waals surface area contributed by atoms with Crippen LogP contribution in [-0.4, -0.2) is 20.5 Å². The van der Waals surface area contributed by atoms with Crippen LogP contribution in [0, 0.1) is 17.0 Å². The largest absolute Gasteiger partial charge is 0.495 e. The fourth-order valence-corrected chi connectivity index (χ4v) is 3.36. The van der Waals surface area contributed by atoms with E-state index in [1.54, 1.807) is 18.2 Å². The van der Waals surface area contributed by atoms with Gasteiger partial charge in [0.2, 0.25) is 0 Å². The van der Waals surface area contributed by atoms with Crippen molar-refractivity contribution in [3.05, 3.63) is 56.5 Å². The van der Waals surface area contributed by atoms with Gasteiger partial charge in [0.05, 0.1) is 18.1 Å². The molecule has 2 aromatic carbocycles. The van der Waals surface area contributed by atoms with Gasteiger partial charge in [-0.1, -0.05) is 15.9 Å². The maximum atomic E-state index is 12.5. The van der Waals surface area contributed by atoms with Crippen molar-refractivity contribution in [2.45, 2.75) is 11.8 Å². The molecule has 0 bridgehead atoms. The third-order valence-electron chi connectivity index (χ3n) is 3.06. The number of benzene rings is 2. The smallest absolute Gasteiger partial charge is 0.273 e. The zero-order valence-electron chi connectivity index (χ0n) is 12.2. The van der Waals surface area contributed by atoms with Crippen LogP contribution in [0.5, 0.6) is 5.75 Å². The topological polar surface area (TPSA) is 98.5 Å². The highest BCUT2D eigenvalue weighted by molar-refractivity contribution is 9.10. The summed E-state index contributed by atoms with van der Waals surface area (Å²) in [5.74, 6) is -0.0967. The molecule has 0 heterocycles. The van der Waals surface area contributed by atoms with E-state index in [9.17, 15) is 18.5 Å². The number of nitrogens with zero attached hydrogens (tertiary/aromatic N) is 1. The predicted octanol–water partition coefficient (Wildman–Crippen LogP) is 3.48. The number of nitro groups is 1. The van der Waals surface area contributed by atoms with Crippen molar-refractivity contribution < 1.29 is 18.1 Å². The summed E-state index contributed by atoms with van der Waals surface area (Å²) in [4.78, 5) is 9.98. The van der Waals surface area contributed by atoms with Crippen LogP contribution in [0.2, 0.25) is 0 Å². The van der Waals surface area contributed by atoms with Crippen molar-refractivity contribution in [2.75, 3.05) is 11.8 Å². The number of nitrogens with one attached hydrogen (secondary N) is 1. The average molecular weight is 401 g/mol. The van der Waals surface area contributed by atoms with Crippen LogP contribution >= 0.6 is 15.9 Å². The summed E-state index contributed by atoms with van der Waals surface area (Å²) in [6.45, 7) is 1.83. The van der Waals surface area contributed by atoms with Gasteiger partial charge in [-0.25, -0.2) is 8.42 Å². The number of ether oxygens (including phenoxy) is 1. The van der Waals surface area contributed by atoms with Crippen LogP contribution in [0.15, 0.2) is 45.8 Å². The predicted molar refractivity (Wildman–Crippen MR) is 89.3 cm³/mol. The molecular formula is C14H13BrN2O5S. The highest BCUT2D eigenvalue weighted by Gasteiger charge is 2.22. The zero-order valence-corrected chi connectivity index (χ0v) is 14.6. The maximum absolute atomic E-state index is 12.5. The Bertz CT molecular complexity index is 867. The standard InChI is InChI=1S/C14H13BrN2O5S/c1-9-7-10(3-5-12(9)15)16-23(20,21)14-6-4-11(17(18)19)8-13(14)22-2/h3-8,16H,1-2H3. The number of hydrogen-bond acceptors (Lipinski definition) is 5. The molecule has 122 valence electrons. The lowest BCUT2D eigenvalue weighted by Crippen LogP contribution is -2.14. The van der Waals surface area contributed by atoms with E-state index in [1.165, 1.54) is 7.11 Å². The molecule has 0 aliphatic heterocycles. The second-order valence-electron chi connectivity index (χ2n) is 4.66. The summed E-state index contributed by atoms with van der Waals surface area (Å²) < 4.78 is 33.2. The van der Waals surface area contributed by atoms with Gasteiger partial charge in [-0.2, -0.15) is 0 Å². The van der Waals surface area contributed by atoms with Gasteiger partial charge < -0.3 is 4.74 Å². The number of non-ortho nitro benzene ring substituents is 1. The molecule has 23 heavy (non-hydrogen) atoms. The molecule has 0 saturated carbocycles. The molecule has 0 aliphatic carbocycles. The molecule has 1 N–H and O–H groups in total. The van der Waals surface area contributed by atoms with E-state index in [0.717, 1.165) is 28.2 Å². The fraction of sp³-hybridized carbons (Fsp3) is 0.143. The summed E-state index contributed by atoms with van der Waals surface area (Å²) in [7, 11) is -2.69. The molecule has 0 radical (unpaired) electrons. The van der Waals surface area contributed by atoms with Crippen LogP contribution in [0.25, 0.3) is 0 Å². The molecule has 7 nitrogen and oxygen atoms in total. The van der Waals surface area contributed by atoms with Crippen molar-refractivity contribution in [1.29, 1.82) is 0 Å². The summed E-state index contributed by atoms with van der Waals surface area (Å²) in [6.07, 6.45) is 0. The lowest BCUT2D eigenvalue weighted by atomic mass is 10.2. The van der Waals surface area contributed by atoms with E-state index in [-0.39, 0.29) is 16.3 Å². The average Bonchev–Trinajstić information content (AvgIpc) is 2.50. The Morgan fingerprint density at radius 3 is 2.48 bits per heavy atom. The Balaban J connectivity index is 2.42. The van der Waals surface area contributed by atoms with E-state index in [2.05, 4.69) is 20.7 Å². The molecule has 2 rings (SSSR count). The van der Waals surface area contributed by atoms with E-state index in [1.807, 2.05) is 6.92 Å². The first-order valence-electron chi connectivity index (χ1n) is 6.36. The number of halogens is 1. The highest BCUT2D eigenvalue weighted by atomic mass is 79.9. The fourth-order valence-electron chi connectivity index (χ4n) is 1.91. The van der Waals surface area contributed by atoms with Gasteiger partial charge in [-0.3, -0.25) is 14.8 Å². The third-order valence-corrected chi connectivity index (χ3v) is 5.37. The van der Waals surface area contributed by atoms with E-state index in [4.69, 9.17) is 4.74 Å². The molecule has 0 fully saturated rings. The van der Waals surface area contributed by atoms with Crippen molar-refractivity contribution >= 4 is 37.3 Å². The van der Waals surface area contributed by atoms with E-state index >= 15 is 0 Å². The first-order chi connectivity index (χ1) is 10.7. The van der Waals surface area contributed by atoms with Crippen molar-refractivity contribution in [2.24, 2.45) is 0 Å². The van der Waals surface area contributed by atoms with E-state index in [0.29, 0.717) is 5.69 Å². The Hall–Kier alpha value is -2.13. The molecule has 2 aromatic rings. The SMILES string of the molecule is COc1cc([N+](=O)[O-])ccc1S(=O)(=O)Nc1ccc(Br)c(C)c1. The normalized spacial score (nSPS) is 11.1. The third kappa shape index (κ3) is 3.80. The molecule has 0 atom stereocenters. The number of anilines is 1. The van der Waals surface area contributed by atoms with Gasteiger partial charge in [0, 0.05) is 16.2 Å². The molecule has 0 aromatic heterocycles. The Morgan fingerprint density at radius 1 is 1.22 bits per heavy atom. The highest BCUT2D eigenvalue weighted by Crippen LogP contribution is 2.30. The minimum Gasteiger partial charge on any atom is -0.495 e. The van der Waals surface area contributed by atoms with Crippen molar-refractivity contribution in [3.8, 4) is 5.75 Å². The molecule has 0 amide bonds. The lowest BCUT2D eigenvalue weighted by molar-refractivity contribution is -0.385. The van der Waals surface area contributed by atoms with Gasteiger partial charge >= 0.3 is 0 Å². The van der Waals surface area contributed by atoms with Gasteiger partial charge in [0.1, 0.15) is 10.6 Å². The number of hydrogen-bond donors (Lipinski definition) is 1.